The molecule has 1 amide bonds. The highest BCUT2D eigenvalue weighted by Gasteiger charge is 2.25. The lowest BCUT2D eigenvalue weighted by molar-refractivity contribution is 0.102. The van der Waals surface area contributed by atoms with E-state index in [9.17, 15) is 14.7 Å². The number of pyridine rings is 1. The second kappa shape index (κ2) is 8.42. The van der Waals surface area contributed by atoms with Crippen LogP contribution in [0.1, 0.15) is 48.5 Å². The predicted octanol–water partition coefficient (Wildman–Crippen LogP) is 3.25. The zero-order chi connectivity index (χ0) is 19.3. The van der Waals surface area contributed by atoms with E-state index >= 15 is 0 Å². The number of aromatic nitrogens is 1. The number of rotatable bonds is 7. The van der Waals surface area contributed by atoms with Crippen LogP contribution in [0.25, 0.3) is 0 Å². The van der Waals surface area contributed by atoms with E-state index in [0.717, 1.165) is 18.4 Å². The van der Waals surface area contributed by atoms with E-state index in [2.05, 4.69) is 24.1 Å². The third kappa shape index (κ3) is 3.82. The number of nitrogens with one attached hydrogen (secondary N) is 2. The molecule has 7 heteroatoms. The number of carbonyl (C=O) groups excluding carboxylic acids is 1. The standard InChI is InChI=1S/C19H24N2O5/c1-5-8-11(2)12-9-6-7-10-13(12)20-17(23)14-15(22)16(25-3)19(26-4)21-18(14)24/h6-7,9-11H,5,8H2,1-4H3,(H,20,23)(H2,21,22,24). The molecule has 0 spiro atoms. The molecule has 1 aromatic heterocycles. The Morgan fingerprint density at radius 2 is 1.96 bits per heavy atom. The Bertz CT molecular complexity index is 844. The van der Waals surface area contributed by atoms with Gasteiger partial charge in [0.15, 0.2) is 11.3 Å². The highest BCUT2D eigenvalue weighted by atomic mass is 16.5. The summed E-state index contributed by atoms with van der Waals surface area (Å²) in [7, 11) is 2.62. The van der Waals surface area contributed by atoms with Gasteiger partial charge < -0.3 is 19.9 Å². The number of aromatic amines is 1. The molecule has 0 saturated carbocycles. The number of ether oxygens (including phenoxy) is 2. The molecule has 0 radical (unpaired) electrons. The summed E-state index contributed by atoms with van der Waals surface area (Å²) >= 11 is 0. The average molecular weight is 360 g/mol. The van der Waals surface area contributed by atoms with Crippen molar-refractivity contribution in [2.45, 2.75) is 32.6 Å². The molecule has 26 heavy (non-hydrogen) atoms. The third-order valence-electron chi connectivity index (χ3n) is 4.21. The first-order valence-corrected chi connectivity index (χ1v) is 8.42. The SMILES string of the molecule is CCCC(C)c1ccccc1NC(=O)c1c(O)c(OC)c(OC)[nH]c1=O. The van der Waals surface area contributed by atoms with Crippen LogP contribution in [-0.2, 0) is 0 Å². The van der Waals surface area contributed by atoms with Gasteiger partial charge in [0, 0.05) is 5.69 Å². The molecule has 0 aliphatic rings. The van der Waals surface area contributed by atoms with Crippen molar-refractivity contribution in [2.75, 3.05) is 19.5 Å². The van der Waals surface area contributed by atoms with Gasteiger partial charge in [-0.2, -0.15) is 0 Å². The van der Waals surface area contributed by atoms with Crippen LogP contribution in [0, 0.1) is 0 Å². The number of hydrogen-bond acceptors (Lipinski definition) is 5. The van der Waals surface area contributed by atoms with Crippen molar-refractivity contribution < 1.29 is 19.4 Å². The van der Waals surface area contributed by atoms with Crippen LogP contribution < -0.4 is 20.3 Å². The first-order valence-electron chi connectivity index (χ1n) is 8.42. The van der Waals surface area contributed by atoms with Crippen LogP contribution in [0.2, 0.25) is 0 Å². The maximum Gasteiger partial charge on any atom is 0.267 e. The van der Waals surface area contributed by atoms with E-state index in [0.29, 0.717) is 5.69 Å². The van der Waals surface area contributed by atoms with Gasteiger partial charge in [0.2, 0.25) is 11.6 Å². The number of para-hydroxylation sites is 1. The molecule has 140 valence electrons. The molecule has 1 heterocycles. The highest BCUT2D eigenvalue weighted by molar-refractivity contribution is 6.06. The fraction of sp³-hybridized carbons (Fsp3) is 0.368. The van der Waals surface area contributed by atoms with Gasteiger partial charge in [-0.1, -0.05) is 38.5 Å². The minimum absolute atomic E-state index is 0.0523. The molecule has 0 fully saturated rings. The van der Waals surface area contributed by atoms with Crippen molar-refractivity contribution >= 4 is 11.6 Å². The molecule has 2 rings (SSSR count). The molecule has 0 aliphatic carbocycles. The van der Waals surface area contributed by atoms with Crippen molar-refractivity contribution in [3.05, 3.63) is 45.7 Å². The molecule has 3 N–H and O–H groups in total. The lowest BCUT2D eigenvalue weighted by atomic mass is 9.95. The molecule has 0 aliphatic heterocycles. The van der Waals surface area contributed by atoms with E-state index in [1.807, 2.05) is 12.1 Å². The summed E-state index contributed by atoms with van der Waals surface area (Å²) in [5.74, 6) is -1.20. The summed E-state index contributed by atoms with van der Waals surface area (Å²) in [6.45, 7) is 4.17. The van der Waals surface area contributed by atoms with Gasteiger partial charge in [-0.05, 0) is 24.0 Å². The minimum Gasteiger partial charge on any atom is -0.503 e. The molecule has 0 bridgehead atoms. The van der Waals surface area contributed by atoms with Crippen LogP contribution in [0.4, 0.5) is 5.69 Å². The Labute approximate surface area is 152 Å². The fourth-order valence-corrected chi connectivity index (χ4v) is 2.91. The second-order valence-electron chi connectivity index (χ2n) is 5.98. The predicted molar refractivity (Wildman–Crippen MR) is 99.5 cm³/mol. The number of anilines is 1. The molecule has 1 aromatic carbocycles. The molecule has 7 nitrogen and oxygen atoms in total. The van der Waals surface area contributed by atoms with Gasteiger partial charge in [-0.3, -0.25) is 14.6 Å². The number of amides is 1. The van der Waals surface area contributed by atoms with E-state index in [4.69, 9.17) is 9.47 Å². The Kier molecular flexibility index (Phi) is 6.27. The van der Waals surface area contributed by atoms with Gasteiger partial charge in [-0.25, -0.2) is 0 Å². The van der Waals surface area contributed by atoms with E-state index < -0.39 is 22.8 Å². The number of benzene rings is 1. The monoisotopic (exact) mass is 360 g/mol. The number of carbonyl (C=O) groups is 1. The molecule has 2 aromatic rings. The van der Waals surface area contributed by atoms with Gasteiger partial charge in [0.1, 0.15) is 0 Å². The van der Waals surface area contributed by atoms with E-state index in [-0.39, 0.29) is 17.5 Å². The van der Waals surface area contributed by atoms with Crippen LogP contribution in [-0.4, -0.2) is 30.2 Å². The largest absolute Gasteiger partial charge is 0.503 e. The number of hydrogen-bond donors (Lipinski definition) is 3. The van der Waals surface area contributed by atoms with Gasteiger partial charge in [0.25, 0.3) is 11.5 Å². The highest BCUT2D eigenvalue weighted by Crippen LogP contribution is 2.35. The van der Waals surface area contributed by atoms with Crippen molar-refractivity contribution in [2.24, 2.45) is 0 Å². The normalized spacial score (nSPS) is 11.7. The first kappa shape index (κ1) is 19.4. The van der Waals surface area contributed by atoms with Crippen molar-refractivity contribution in [3.63, 3.8) is 0 Å². The molecule has 1 unspecified atom stereocenters. The molecular weight excluding hydrogens is 336 g/mol. The van der Waals surface area contributed by atoms with Crippen LogP contribution in [0.3, 0.4) is 0 Å². The first-order chi connectivity index (χ1) is 12.4. The van der Waals surface area contributed by atoms with Crippen LogP contribution in [0.15, 0.2) is 29.1 Å². The maximum atomic E-state index is 12.7. The molecule has 1 atom stereocenters. The summed E-state index contributed by atoms with van der Waals surface area (Å²) < 4.78 is 9.99. The Morgan fingerprint density at radius 3 is 2.58 bits per heavy atom. The smallest absolute Gasteiger partial charge is 0.267 e. The minimum atomic E-state index is -0.767. The van der Waals surface area contributed by atoms with Crippen LogP contribution >= 0.6 is 0 Å². The third-order valence-corrected chi connectivity index (χ3v) is 4.21. The Hall–Kier alpha value is -2.96. The quantitative estimate of drug-likeness (QED) is 0.704. The summed E-state index contributed by atoms with van der Waals surface area (Å²) in [5.41, 5.74) is 0.378. The topological polar surface area (TPSA) is 101 Å². The second-order valence-corrected chi connectivity index (χ2v) is 5.98. The summed E-state index contributed by atoms with van der Waals surface area (Å²) in [5, 5.41) is 13.0. The lowest BCUT2D eigenvalue weighted by Gasteiger charge is -2.17. The van der Waals surface area contributed by atoms with Crippen LogP contribution in [0.5, 0.6) is 17.4 Å². The van der Waals surface area contributed by atoms with E-state index in [1.54, 1.807) is 12.1 Å². The summed E-state index contributed by atoms with van der Waals surface area (Å²) in [6.07, 6.45) is 1.98. The average Bonchev–Trinajstić information content (AvgIpc) is 2.61. The van der Waals surface area contributed by atoms with Gasteiger partial charge in [-0.15, -0.1) is 0 Å². The fourth-order valence-electron chi connectivity index (χ4n) is 2.91. The number of methoxy groups -OCH3 is 2. The molecule has 0 saturated heterocycles. The van der Waals surface area contributed by atoms with Gasteiger partial charge >= 0.3 is 0 Å². The zero-order valence-corrected chi connectivity index (χ0v) is 15.4. The lowest BCUT2D eigenvalue weighted by Crippen LogP contribution is -2.24. The zero-order valence-electron chi connectivity index (χ0n) is 15.4. The maximum absolute atomic E-state index is 12.7. The molecular formula is C19H24N2O5. The van der Waals surface area contributed by atoms with Crippen molar-refractivity contribution in [3.8, 4) is 17.4 Å². The van der Waals surface area contributed by atoms with E-state index in [1.165, 1.54) is 14.2 Å². The van der Waals surface area contributed by atoms with Crippen molar-refractivity contribution in [1.29, 1.82) is 0 Å². The summed E-state index contributed by atoms with van der Waals surface area (Å²) in [4.78, 5) is 27.3. The summed E-state index contributed by atoms with van der Waals surface area (Å²) in [6, 6.07) is 7.41. The number of aromatic hydroxyl groups is 1. The number of H-pyrrole nitrogens is 1. The Balaban J connectivity index is 2.42. The van der Waals surface area contributed by atoms with Crippen molar-refractivity contribution in [1.82, 2.24) is 4.98 Å². The Morgan fingerprint density at radius 1 is 1.27 bits per heavy atom. The van der Waals surface area contributed by atoms with Gasteiger partial charge in [0.05, 0.1) is 14.2 Å².